The Morgan fingerprint density at radius 2 is 2.06 bits per heavy atom. The quantitative estimate of drug-likeness (QED) is 0.787. The van der Waals surface area contributed by atoms with E-state index in [1.807, 2.05) is 0 Å². The van der Waals surface area contributed by atoms with E-state index in [1.165, 1.54) is 16.5 Å². The zero-order valence-electron chi connectivity index (χ0n) is 10.9. The average Bonchev–Trinajstić information content (AvgIpc) is 2.55. The fourth-order valence-electron chi connectivity index (χ4n) is 2.30. The van der Waals surface area contributed by atoms with Gasteiger partial charge in [0.05, 0.1) is 0 Å². The Morgan fingerprint density at radius 1 is 1.35 bits per heavy atom. The number of rotatable bonds is 3. The highest BCUT2D eigenvalue weighted by Crippen LogP contribution is 2.25. The van der Waals surface area contributed by atoms with Crippen LogP contribution in [0.4, 0.5) is 0 Å². The molecular weight excluding hydrogens is 210 g/mol. The summed E-state index contributed by atoms with van der Waals surface area (Å²) in [5, 5.41) is 1.26. The first-order chi connectivity index (χ1) is 7.99. The lowest BCUT2D eigenvalue weighted by Crippen LogP contribution is -1.99. The maximum Gasteiger partial charge on any atom is 0.134 e. The zero-order chi connectivity index (χ0) is 12.6. The van der Waals surface area contributed by atoms with Crippen LogP contribution in [0, 0.1) is 6.92 Å². The second-order valence-electron chi connectivity index (χ2n) is 5.04. The summed E-state index contributed by atoms with van der Waals surface area (Å²) in [6, 6.07) is 6.79. The number of carbonyl (C=O) groups excluding carboxylic acids is 1. The molecule has 0 amide bonds. The summed E-state index contributed by atoms with van der Waals surface area (Å²) in [6.45, 7) is 8.12. The molecule has 0 aliphatic carbocycles. The van der Waals surface area contributed by atoms with Gasteiger partial charge >= 0.3 is 0 Å². The van der Waals surface area contributed by atoms with E-state index >= 15 is 0 Å². The summed E-state index contributed by atoms with van der Waals surface area (Å²) >= 11 is 0. The summed E-state index contributed by atoms with van der Waals surface area (Å²) in [4.78, 5) is 11.1. The minimum absolute atomic E-state index is 0.213. The van der Waals surface area contributed by atoms with Crippen molar-refractivity contribution in [1.29, 1.82) is 0 Å². The van der Waals surface area contributed by atoms with E-state index in [9.17, 15) is 4.79 Å². The Morgan fingerprint density at radius 3 is 2.65 bits per heavy atom. The molecule has 0 saturated heterocycles. The standard InChI is InChI=1S/C15H19NO/c1-10(2)16-9-11(3)14-8-13(7-12(4)17)5-6-15(14)16/h5-6,8-10H,7H2,1-4H3. The van der Waals surface area contributed by atoms with E-state index in [0.29, 0.717) is 12.5 Å². The van der Waals surface area contributed by atoms with Gasteiger partial charge in [-0.25, -0.2) is 0 Å². The number of benzene rings is 1. The van der Waals surface area contributed by atoms with Crippen LogP contribution in [0.15, 0.2) is 24.4 Å². The minimum atomic E-state index is 0.213. The van der Waals surface area contributed by atoms with Gasteiger partial charge in [0, 0.05) is 29.6 Å². The third-order valence-electron chi connectivity index (χ3n) is 3.11. The molecule has 17 heavy (non-hydrogen) atoms. The van der Waals surface area contributed by atoms with Crippen molar-refractivity contribution >= 4 is 16.7 Å². The third-order valence-corrected chi connectivity index (χ3v) is 3.11. The maximum absolute atomic E-state index is 11.1. The predicted octanol–water partition coefficient (Wildman–Crippen LogP) is 3.66. The van der Waals surface area contributed by atoms with Crippen molar-refractivity contribution in [3.63, 3.8) is 0 Å². The number of aryl methyl sites for hydroxylation is 1. The van der Waals surface area contributed by atoms with Crippen molar-refractivity contribution in [2.75, 3.05) is 0 Å². The second-order valence-corrected chi connectivity index (χ2v) is 5.04. The molecule has 1 aromatic heterocycles. The molecule has 90 valence electrons. The van der Waals surface area contributed by atoms with Crippen LogP contribution in [0.2, 0.25) is 0 Å². The maximum atomic E-state index is 11.1. The fourth-order valence-corrected chi connectivity index (χ4v) is 2.30. The summed E-state index contributed by atoms with van der Waals surface area (Å²) in [5.74, 6) is 0.213. The number of aromatic nitrogens is 1. The lowest BCUT2D eigenvalue weighted by Gasteiger charge is -2.09. The van der Waals surface area contributed by atoms with Crippen LogP contribution in [-0.2, 0) is 11.2 Å². The Bertz CT molecular complexity index is 564. The Balaban J connectivity index is 2.55. The van der Waals surface area contributed by atoms with Gasteiger partial charge in [0.2, 0.25) is 0 Å². The van der Waals surface area contributed by atoms with Gasteiger partial charge in [-0.3, -0.25) is 4.79 Å². The van der Waals surface area contributed by atoms with Gasteiger partial charge < -0.3 is 4.57 Å². The van der Waals surface area contributed by atoms with Crippen molar-refractivity contribution in [3.8, 4) is 0 Å². The van der Waals surface area contributed by atoms with Crippen molar-refractivity contribution in [3.05, 3.63) is 35.5 Å². The van der Waals surface area contributed by atoms with E-state index in [2.05, 4.69) is 49.7 Å². The lowest BCUT2D eigenvalue weighted by molar-refractivity contribution is -0.116. The first-order valence-electron chi connectivity index (χ1n) is 6.08. The number of hydrogen-bond donors (Lipinski definition) is 0. The predicted molar refractivity (Wildman–Crippen MR) is 71.4 cm³/mol. The second kappa shape index (κ2) is 4.36. The minimum Gasteiger partial charge on any atom is -0.345 e. The first-order valence-corrected chi connectivity index (χ1v) is 6.08. The van der Waals surface area contributed by atoms with Crippen LogP contribution in [-0.4, -0.2) is 10.4 Å². The van der Waals surface area contributed by atoms with Crippen molar-refractivity contribution < 1.29 is 4.79 Å². The molecule has 0 aliphatic rings. The molecule has 0 unspecified atom stereocenters. The first kappa shape index (κ1) is 11.9. The molecule has 2 rings (SSSR count). The molecule has 0 radical (unpaired) electrons. The molecule has 0 saturated carbocycles. The SMILES string of the molecule is CC(=O)Cc1ccc2c(c1)c(C)cn2C(C)C. The van der Waals surface area contributed by atoms with E-state index in [1.54, 1.807) is 6.92 Å². The number of carbonyl (C=O) groups is 1. The van der Waals surface area contributed by atoms with Crippen LogP contribution in [0.25, 0.3) is 10.9 Å². The largest absolute Gasteiger partial charge is 0.345 e. The molecule has 0 aliphatic heterocycles. The smallest absolute Gasteiger partial charge is 0.134 e. The van der Waals surface area contributed by atoms with Gasteiger partial charge in [-0.05, 0) is 51.0 Å². The number of Topliss-reactive ketones (excluding diaryl/α,β-unsaturated/α-hetero) is 1. The number of fused-ring (bicyclic) bond motifs is 1. The molecule has 2 nitrogen and oxygen atoms in total. The van der Waals surface area contributed by atoms with Crippen molar-refractivity contribution in [1.82, 2.24) is 4.57 Å². The molecule has 1 heterocycles. The molecule has 0 atom stereocenters. The van der Waals surface area contributed by atoms with Gasteiger partial charge in [0.25, 0.3) is 0 Å². The molecule has 0 fully saturated rings. The van der Waals surface area contributed by atoms with Crippen molar-refractivity contribution in [2.24, 2.45) is 0 Å². The summed E-state index contributed by atoms with van der Waals surface area (Å²) in [7, 11) is 0. The van der Waals surface area contributed by atoms with Gasteiger partial charge in [0.15, 0.2) is 0 Å². The van der Waals surface area contributed by atoms with Crippen LogP contribution >= 0.6 is 0 Å². The van der Waals surface area contributed by atoms with Crippen molar-refractivity contribution in [2.45, 2.75) is 40.2 Å². The van der Waals surface area contributed by atoms with E-state index in [4.69, 9.17) is 0 Å². The average molecular weight is 229 g/mol. The summed E-state index contributed by atoms with van der Waals surface area (Å²) in [5.41, 5.74) is 3.64. The zero-order valence-corrected chi connectivity index (χ0v) is 10.9. The van der Waals surface area contributed by atoms with Gasteiger partial charge in [-0.1, -0.05) is 6.07 Å². The molecule has 2 aromatic rings. The van der Waals surface area contributed by atoms with Crippen LogP contribution in [0.3, 0.4) is 0 Å². The molecule has 2 heteroatoms. The molecular formula is C15H19NO. The third kappa shape index (κ3) is 2.26. The summed E-state index contributed by atoms with van der Waals surface area (Å²) < 4.78 is 2.28. The summed E-state index contributed by atoms with van der Waals surface area (Å²) in [6.07, 6.45) is 2.72. The Labute approximate surface area is 102 Å². The highest BCUT2D eigenvalue weighted by Gasteiger charge is 2.09. The molecule has 1 aromatic carbocycles. The molecule has 0 spiro atoms. The van der Waals surface area contributed by atoms with Crippen LogP contribution in [0.1, 0.15) is 37.9 Å². The normalized spacial score (nSPS) is 11.4. The Hall–Kier alpha value is -1.57. The lowest BCUT2D eigenvalue weighted by atomic mass is 10.1. The Kier molecular flexibility index (Phi) is 3.05. The van der Waals surface area contributed by atoms with E-state index in [0.717, 1.165) is 5.56 Å². The fraction of sp³-hybridized carbons (Fsp3) is 0.400. The van der Waals surface area contributed by atoms with Crippen LogP contribution < -0.4 is 0 Å². The highest BCUT2D eigenvalue weighted by atomic mass is 16.1. The highest BCUT2D eigenvalue weighted by molar-refractivity contribution is 5.86. The monoisotopic (exact) mass is 229 g/mol. The number of ketones is 1. The van der Waals surface area contributed by atoms with E-state index in [-0.39, 0.29) is 5.78 Å². The van der Waals surface area contributed by atoms with Gasteiger partial charge in [-0.15, -0.1) is 0 Å². The topological polar surface area (TPSA) is 22.0 Å². The number of hydrogen-bond acceptors (Lipinski definition) is 1. The number of nitrogens with zero attached hydrogens (tertiary/aromatic N) is 1. The van der Waals surface area contributed by atoms with Gasteiger partial charge in [-0.2, -0.15) is 0 Å². The van der Waals surface area contributed by atoms with Crippen LogP contribution in [0.5, 0.6) is 0 Å². The van der Waals surface area contributed by atoms with Gasteiger partial charge in [0.1, 0.15) is 5.78 Å². The van der Waals surface area contributed by atoms with E-state index < -0.39 is 0 Å². The molecule has 0 N–H and O–H groups in total. The molecule has 0 bridgehead atoms.